The summed E-state index contributed by atoms with van der Waals surface area (Å²) in [6.07, 6.45) is 1.40. The lowest BCUT2D eigenvalue weighted by atomic mass is 10.3. The fourth-order valence-corrected chi connectivity index (χ4v) is 1.16. The summed E-state index contributed by atoms with van der Waals surface area (Å²) < 4.78 is 5.10. The van der Waals surface area contributed by atoms with Crippen molar-refractivity contribution in [1.82, 2.24) is 9.55 Å². The molecule has 1 aromatic rings. The Hall–Kier alpha value is -2.45. The van der Waals surface area contributed by atoms with Gasteiger partial charge in [-0.25, -0.2) is 9.36 Å². The summed E-state index contributed by atoms with van der Waals surface area (Å²) in [4.78, 5) is 45.4. The lowest BCUT2D eigenvalue weighted by Crippen LogP contribution is -2.37. The Morgan fingerprint density at radius 2 is 2.22 bits per heavy atom. The van der Waals surface area contributed by atoms with Crippen LogP contribution in [0.2, 0.25) is 0 Å². The summed E-state index contributed by atoms with van der Waals surface area (Å²) in [6.45, 7) is 1.11. The number of aromatic nitrogens is 2. The zero-order chi connectivity index (χ0) is 13.7. The van der Waals surface area contributed by atoms with E-state index in [2.05, 4.69) is 4.74 Å². The van der Waals surface area contributed by atoms with E-state index in [0.717, 1.165) is 0 Å². The van der Waals surface area contributed by atoms with E-state index in [0.29, 0.717) is 17.2 Å². The van der Waals surface area contributed by atoms with E-state index in [4.69, 9.17) is 0 Å². The van der Waals surface area contributed by atoms with Crippen LogP contribution in [-0.2, 0) is 16.3 Å². The van der Waals surface area contributed by atoms with Crippen LogP contribution < -0.4 is 11.2 Å². The molecular weight excluding hydrogens is 246 g/mol. The molecule has 0 aromatic carbocycles. The van der Waals surface area contributed by atoms with E-state index >= 15 is 0 Å². The third-order valence-corrected chi connectivity index (χ3v) is 2.05. The molecule has 0 unspecified atom stereocenters. The molecule has 18 heavy (non-hydrogen) atoms. The molecule has 0 saturated carbocycles. The number of aromatic amines is 1. The van der Waals surface area contributed by atoms with Gasteiger partial charge in [0.05, 0.1) is 11.1 Å². The first kappa shape index (κ1) is 13.6. The fraction of sp³-hybridized carbons (Fsp3) is 0.444. The number of carbonyl (C=O) groups excluding carboxylic acids is 1. The first-order chi connectivity index (χ1) is 8.47. The van der Waals surface area contributed by atoms with Crippen molar-refractivity contribution in [2.75, 3.05) is 0 Å². The van der Waals surface area contributed by atoms with Gasteiger partial charge in [0.15, 0.2) is 6.73 Å². The Morgan fingerprint density at radius 1 is 1.56 bits per heavy atom. The predicted octanol–water partition coefficient (Wildman–Crippen LogP) is -0.254. The molecule has 0 bridgehead atoms. The molecule has 98 valence electrons. The molecule has 0 aliphatic rings. The van der Waals surface area contributed by atoms with Crippen molar-refractivity contribution in [3.05, 3.63) is 37.1 Å². The van der Waals surface area contributed by atoms with Crippen LogP contribution in [0.5, 0.6) is 0 Å². The Kier molecular flexibility index (Phi) is 4.35. The van der Waals surface area contributed by atoms with Crippen molar-refractivity contribution in [3.8, 4) is 0 Å². The maximum absolute atomic E-state index is 11.5. The summed E-state index contributed by atoms with van der Waals surface area (Å²) in [7, 11) is 0. The maximum Gasteiger partial charge on any atom is 0.350 e. The third kappa shape index (κ3) is 3.03. The highest BCUT2D eigenvalue weighted by atomic mass is 16.6. The minimum absolute atomic E-state index is 0.140. The van der Waals surface area contributed by atoms with Gasteiger partial charge in [0.1, 0.15) is 0 Å². The number of carbonyl (C=O) groups is 1. The second kappa shape index (κ2) is 5.75. The smallest absolute Gasteiger partial charge is 0.350 e. The average Bonchev–Trinajstić information content (AvgIpc) is 2.28. The number of ether oxygens (including phenoxy) is 1. The molecule has 1 N–H and O–H groups in total. The molecule has 0 fully saturated rings. The topological polar surface area (TPSA) is 124 Å². The molecule has 0 amide bonds. The molecule has 1 aromatic heterocycles. The van der Waals surface area contributed by atoms with Crippen LogP contribution >= 0.6 is 0 Å². The maximum atomic E-state index is 11.5. The molecular formula is C9H11N3O6. The fourth-order valence-electron chi connectivity index (χ4n) is 1.16. The highest BCUT2D eigenvalue weighted by molar-refractivity contribution is 5.68. The molecule has 0 radical (unpaired) electrons. The van der Waals surface area contributed by atoms with Crippen molar-refractivity contribution in [1.29, 1.82) is 0 Å². The summed E-state index contributed by atoms with van der Waals surface area (Å²) in [5, 5.41) is 10.5. The zero-order valence-corrected chi connectivity index (χ0v) is 9.54. The zero-order valence-electron chi connectivity index (χ0n) is 9.54. The van der Waals surface area contributed by atoms with E-state index in [1.165, 1.54) is 0 Å². The van der Waals surface area contributed by atoms with Crippen LogP contribution in [0.25, 0.3) is 0 Å². The lowest BCUT2D eigenvalue weighted by Gasteiger charge is -2.05. The first-order valence-electron chi connectivity index (χ1n) is 5.10. The van der Waals surface area contributed by atoms with Gasteiger partial charge in [-0.3, -0.25) is 19.7 Å². The molecule has 0 saturated heterocycles. The van der Waals surface area contributed by atoms with Crippen LogP contribution in [0.3, 0.4) is 0 Å². The van der Waals surface area contributed by atoms with Gasteiger partial charge in [-0.1, -0.05) is 6.92 Å². The van der Waals surface area contributed by atoms with Crippen molar-refractivity contribution < 1.29 is 14.5 Å². The van der Waals surface area contributed by atoms with Crippen LogP contribution in [-0.4, -0.2) is 20.4 Å². The van der Waals surface area contributed by atoms with Crippen LogP contribution in [0.15, 0.2) is 15.8 Å². The molecule has 0 aliphatic carbocycles. The molecule has 0 atom stereocenters. The normalized spacial score (nSPS) is 10.1. The minimum atomic E-state index is -1.12. The van der Waals surface area contributed by atoms with Gasteiger partial charge in [0.25, 0.3) is 0 Å². The van der Waals surface area contributed by atoms with Gasteiger partial charge >= 0.3 is 22.9 Å². The Bertz CT molecular complexity index is 572. The van der Waals surface area contributed by atoms with E-state index in [1.54, 1.807) is 6.92 Å². The molecule has 0 aliphatic heterocycles. The lowest BCUT2D eigenvalue weighted by molar-refractivity contribution is -0.387. The van der Waals surface area contributed by atoms with Gasteiger partial charge in [-0.15, -0.1) is 0 Å². The van der Waals surface area contributed by atoms with Gasteiger partial charge in [0, 0.05) is 6.42 Å². The van der Waals surface area contributed by atoms with Crippen molar-refractivity contribution in [3.63, 3.8) is 0 Å². The number of rotatable bonds is 5. The molecule has 1 rings (SSSR count). The summed E-state index contributed by atoms with van der Waals surface area (Å²) in [5.41, 5.74) is -2.79. The standard InChI is InChI=1S/C9H11N3O6/c1-2-3-7(13)18-5-11-8(14)6(12(16)17)4-10-9(11)15/h4H,2-3,5H2,1H3,(H,10,15). The summed E-state index contributed by atoms with van der Waals surface area (Å²) >= 11 is 0. The van der Waals surface area contributed by atoms with Gasteiger partial charge < -0.3 is 9.72 Å². The number of nitrogens with zero attached hydrogens (tertiary/aromatic N) is 2. The van der Waals surface area contributed by atoms with E-state index in [-0.39, 0.29) is 6.42 Å². The second-order valence-electron chi connectivity index (χ2n) is 3.36. The van der Waals surface area contributed by atoms with E-state index < -0.39 is 34.6 Å². The van der Waals surface area contributed by atoms with Gasteiger partial charge in [-0.2, -0.15) is 0 Å². The monoisotopic (exact) mass is 257 g/mol. The minimum Gasteiger partial charge on any atom is -0.444 e. The summed E-state index contributed by atoms with van der Waals surface area (Å²) in [6, 6.07) is 0. The molecule has 0 spiro atoms. The Labute approximate surface area is 100 Å². The van der Waals surface area contributed by atoms with Crippen molar-refractivity contribution >= 4 is 11.7 Å². The SMILES string of the molecule is CCCC(=O)OCn1c(=O)[nH]cc([N+](=O)[O-])c1=O. The number of esters is 1. The predicted molar refractivity (Wildman–Crippen MR) is 59.0 cm³/mol. The quantitative estimate of drug-likeness (QED) is 0.440. The van der Waals surface area contributed by atoms with Crippen LogP contribution in [0.1, 0.15) is 19.8 Å². The molecule has 9 nitrogen and oxygen atoms in total. The van der Waals surface area contributed by atoms with Crippen molar-refractivity contribution in [2.45, 2.75) is 26.5 Å². The Balaban J connectivity index is 2.99. The molecule has 9 heteroatoms. The number of H-pyrrole nitrogens is 1. The van der Waals surface area contributed by atoms with Crippen LogP contribution in [0.4, 0.5) is 5.69 Å². The van der Waals surface area contributed by atoms with E-state index in [9.17, 15) is 24.5 Å². The third-order valence-electron chi connectivity index (χ3n) is 2.05. The first-order valence-corrected chi connectivity index (χ1v) is 5.10. The second-order valence-corrected chi connectivity index (χ2v) is 3.36. The number of hydrogen-bond donors (Lipinski definition) is 1. The highest BCUT2D eigenvalue weighted by Crippen LogP contribution is 1.98. The van der Waals surface area contributed by atoms with Crippen LogP contribution in [0, 0.1) is 10.1 Å². The van der Waals surface area contributed by atoms with Crippen molar-refractivity contribution in [2.24, 2.45) is 0 Å². The van der Waals surface area contributed by atoms with Gasteiger partial charge in [0.2, 0.25) is 0 Å². The number of nitro groups is 1. The molecule has 1 heterocycles. The number of nitrogens with one attached hydrogen (secondary N) is 1. The van der Waals surface area contributed by atoms with E-state index in [1.807, 2.05) is 4.98 Å². The number of hydrogen-bond acceptors (Lipinski definition) is 6. The van der Waals surface area contributed by atoms with Gasteiger partial charge in [-0.05, 0) is 6.42 Å². The largest absolute Gasteiger partial charge is 0.444 e. The highest BCUT2D eigenvalue weighted by Gasteiger charge is 2.17. The Morgan fingerprint density at radius 3 is 2.78 bits per heavy atom. The average molecular weight is 257 g/mol. The summed E-state index contributed by atoms with van der Waals surface area (Å²) in [5.74, 6) is -0.588.